The second-order valence-corrected chi connectivity index (χ2v) is 9.98. The smallest absolute Gasteiger partial charge is 0.242 e. The van der Waals surface area contributed by atoms with Crippen LogP contribution in [0.2, 0.25) is 0 Å². The normalized spacial score (nSPS) is 12.0. The Morgan fingerprint density at radius 3 is 2.29 bits per heavy atom. The molecule has 1 N–H and O–H groups in total. The molecule has 2 amide bonds. The van der Waals surface area contributed by atoms with Crippen LogP contribution in [0.3, 0.4) is 0 Å². The molecule has 0 aliphatic carbocycles. The van der Waals surface area contributed by atoms with Gasteiger partial charge in [-0.2, -0.15) is 0 Å². The second kappa shape index (κ2) is 12.5. The van der Waals surface area contributed by atoms with Gasteiger partial charge in [-0.3, -0.25) is 9.59 Å². The molecule has 0 saturated heterocycles. The summed E-state index contributed by atoms with van der Waals surface area (Å²) in [5.74, 6) is -0.781. The van der Waals surface area contributed by atoms with Crippen molar-refractivity contribution in [2.24, 2.45) is 0 Å². The van der Waals surface area contributed by atoms with Crippen molar-refractivity contribution in [3.05, 3.63) is 108 Å². The molecule has 0 aliphatic rings. The van der Waals surface area contributed by atoms with E-state index < -0.39 is 0 Å². The van der Waals surface area contributed by atoms with Crippen LogP contribution in [-0.4, -0.2) is 45.7 Å². The van der Waals surface area contributed by atoms with Gasteiger partial charge in [0.1, 0.15) is 12.4 Å². The van der Waals surface area contributed by atoms with E-state index in [-0.39, 0.29) is 36.1 Å². The summed E-state index contributed by atoms with van der Waals surface area (Å²) in [7, 11) is 0. The number of hydrogen-bond donors (Lipinski definition) is 1. The molecule has 1 unspecified atom stereocenters. The number of carbonyl (C=O) groups is 2. The van der Waals surface area contributed by atoms with Gasteiger partial charge in [0, 0.05) is 36.2 Å². The number of hydrogen-bond acceptors (Lipinski definition) is 2. The number of nitrogens with zero attached hydrogens (tertiary/aromatic N) is 2. The molecule has 0 radical (unpaired) electrons. The summed E-state index contributed by atoms with van der Waals surface area (Å²) in [6.45, 7) is 6.71. The van der Waals surface area contributed by atoms with Gasteiger partial charge in [0.2, 0.25) is 11.8 Å². The highest BCUT2D eigenvalue weighted by Crippen LogP contribution is 2.24. The van der Waals surface area contributed by atoms with Crippen molar-refractivity contribution in [2.45, 2.75) is 52.1 Å². The minimum atomic E-state index is -0.312. The minimum Gasteiger partial charge on any atom is -0.361 e. The van der Waals surface area contributed by atoms with Crippen molar-refractivity contribution in [1.82, 2.24) is 14.8 Å². The number of nitrogens with one attached hydrogen (secondary N) is 1. The zero-order chi connectivity index (χ0) is 27.1. The Morgan fingerprint density at radius 2 is 1.61 bits per heavy atom. The van der Waals surface area contributed by atoms with E-state index in [0.29, 0.717) is 25.9 Å². The van der Waals surface area contributed by atoms with Crippen LogP contribution in [0, 0.1) is 5.82 Å². The molecule has 4 aromatic rings. The maximum absolute atomic E-state index is 13.8. The van der Waals surface area contributed by atoms with E-state index in [0.717, 1.165) is 27.6 Å². The van der Waals surface area contributed by atoms with Crippen molar-refractivity contribution in [1.29, 1.82) is 0 Å². The molecule has 0 saturated carbocycles. The first-order valence-corrected chi connectivity index (χ1v) is 13.3. The highest BCUT2D eigenvalue weighted by Gasteiger charge is 2.29. The number of benzene rings is 3. The molecule has 1 atom stereocenters. The standard InChI is InChI=1S/C32H36FN3O2/c1-4-28(25-10-6-5-7-11-25)32(38)36(23(2)3)22-31(37)35(21-24-14-16-27(33)17-15-24)19-18-26-20-34-30-13-9-8-12-29(26)30/h5-17,20,23,28,34H,4,18-19,21-22H2,1-3H3. The molecule has 1 heterocycles. The number of aromatic nitrogens is 1. The van der Waals surface area contributed by atoms with E-state index in [4.69, 9.17) is 0 Å². The Morgan fingerprint density at radius 1 is 0.921 bits per heavy atom. The van der Waals surface area contributed by atoms with Gasteiger partial charge in [-0.25, -0.2) is 4.39 Å². The van der Waals surface area contributed by atoms with Crippen molar-refractivity contribution in [3.8, 4) is 0 Å². The number of fused-ring (bicyclic) bond motifs is 1. The maximum Gasteiger partial charge on any atom is 0.242 e. The lowest BCUT2D eigenvalue weighted by molar-refractivity contribution is -0.143. The third-order valence-electron chi connectivity index (χ3n) is 7.09. The third-order valence-corrected chi connectivity index (χ3v) is 7.09. The van der Waals surface area contributed by atoms with Gasteiger partial charge >= 0.3 is 0 Å². The Kier molecular flexibility index (Phi) is 8.95. The summed E-state index contributed by atoms with van der Waals surface area (Å²) in [5, 5.41) is 1.13. The lowest BCUT2D eigenvalue weighted by Crippen LogP contribution is -2.47. The summed E-state index contributed by atoms with van der Waals surface area (Å²) in [5.41, 5.74) is 3.99. The molecule has 0 spiro atoms. The fraction of sp³-hybridized carbons (Fsp3) is 0.312. The summed E-state index contributed by atoms with van der Waals surface area (Å²) < 4.78 is 13.5. The van der Waals surface area contributed by atoms with Gasteiger partial charge in [0.05, 0.1) is 5.92 Å². The number of H-pyrrole nitrogens is 1. The predicted molar refractivity (Wildman–Crippen MR) is 150 cm³/mol. The van der Waals surface area contributed by atoms with Crippen LogP contribution in [0.4, 0.5) is 4.39 Å². The molecule has 5 nitrogen and oxygen atoms in total. The van der Waals surface area contributed by atoms with Crippen LogP contribution >= 0.6 is 0 Å². The minimum absolute atomic E-state index is 0.00505. The van der Waals surface area contributed by atoms with Gasteiger partial charge in [-0.1, -0.05) is 67.6 Å². The van der Waals surface area contributed by atoms with Crippen LogP contribution in [-0.2, 0) is 22.6 Å². The van der Waals surface area contributed by atoms with E-state index in [9.17, 15) is 14.0 Å². The molecule has 198 valence electrons. The van der Waals surface area contributed by atoms with Gasteiger partial charge in [-0.05, 0) is 61.6 Å². The average molecular weight is 514 g/mol. The van der Waals surface area contributed by atoms with Gasteiger partial charge in [0.15, 0.2) is 0 Å². The van der Waals surface area contributed by atoms with E-state index in [1.807, 2.05) is 75.5 Å². The predicted octanol–water partition coefficient (Wildman–Crippen LogP) is 6.31. The summed E-state index contributed by atoms with van der Waals surface area (Å²) in [6.07, 6.45) is 3.30. The molecule has 0 bridgehead atoms. The molecule has 1 aromatic heterocycles. The molecule has 3 aromatic carbocycles. The van der Waals surface area contributed by atoms with Crippen LogP contribution in [0.15, 0.2) is 85.1 Å². The zero-order valence-corrected chi connectivity index (χ0v) is 22.4. The monoisotopic (exact) mass is 513 g/mol. The Bertz CT molecular complexity index is 1350. The first kappa shape index (κ1) is 27.1. The van der Waals surface area contributed by atoms with Crippen LogP contribution in [0.5, 0.6) is 0 Å². The van der Waals surface area contributed by atoms with E-state index in [1.165, 1.54) is 12.1 Å². The Hall–Kier alpha value is -3.93. The van der Waals surface area contributed by atoms with Crippen molar-refractivity contribution in [2.75, 3.05) is 13.1 Å². The van der Waals surface area contributed by atoms with Crippen molar-refractivity contribution >= 4 is 22.7 Å². The molecule has 0 fully saturated rings. The third kappa shape index (κ3) is 6.49. The van der Waals surface area contributed by atoms with Gasteiger partial charge in [0.25, 0.3) is 0 Å². The van der Waals surface area contributed by atoms with Crippen molar-refractivity contribution < 1.29 is 14.0 Å². The number of carbonyl (C=O) groups excluding carboxylic acids is 2. The molecular formula is C32H36FN3O2. The topological polar surface area (TPSA) is 56.4 Å². The number of aromatic amines is 1. The Balaban J connectivity index is 1.54. The number of amides is 2. The summed E-state index contributed by atoms with van der Waals surface area (Å²) in [6, 6.07) is 23.9. The lowest BCUT2D eigenvalue weighted by Gasteiger charge is -2.32. The van der Waals surface area contributed by atoms with Gasteiger partial charge in [-0.15, -0.1) is 0 Å². The zero-order valence-electron chi connectivity index (χ0n) is 22.4. The fourth-order valence-electron chi connectivity index (χ4n) is 4.90. The van der Waals surface area contributed by atoms with E-state index in [2.05, 4.69) is 11.1 Å². The first-order valence-electron chi connectivity index (χ1n) is 13.3. The first-order chi connectivity index (χ1) is 18.4. The fourth-order valence-corrected chi connectivity index (χ4v) is 4.90. The Labute approximate surface area is 224 Å². The summed E-state index contributed by atoms with van der Waals surface area (Å²) >= 11 is 0. The second-order valence-electron chi connectivity index (χ2n) is 9.98. The molecule has 4 rings (SSSR count). The van der Waals surface area contributed by atoms with Crippen molar-refractivity contribution in [3.63, 3.8) is 0 Å². The SMILES string of the molecule is CCC(C(=O)N(CC(=O)N(CCc1c[nH]c2ccccc12)Cc1ccc(F)cc1)C(C)C)c1ccccc1. The molecule has 6 heteroatoms. The average Bonchev–Trinajstić information content (AvgIpc) is 3.34. The van der Waals surface area contributed by atoms with Crippen LogP contribution in [0.25, 0.3) is 10.9 Å². The largest absolute Gasteiger partial charge is 0.361 e. The number of para-hydroxylation sites is 1. The van der Waals surface area contributed by atoms with Crippen LogP contribution in [0.1, 0.15) is 49.8 Å². The molecule has 0 aliphatic heterocycles. The number of rotatable bonds is 11. The lowest BCUT2D eigenvalue weighted by atomic mass is 9.94. The highest BCUT2D eigenvalue weighted by atomic mass is 19.1. The molecule has 38 heavy (non-hydrogen) atoms. The van der Waals surface area contributed by atoms with E-state index >= 15 is 0 Å². The van der Waals surface area contributed by atoms with Gasteiger partial charge < -0.3 is 14.8 Å². The molecular weight excluding hydrogens is 477 g/mol. The number of halogens is 1. The highest BCUT2D eigenvalue weighted by molar-refractivity contribution is 5.89. The maximum atomic E-state index is 13.8. The van der Waals surface area contributed by atoms with E-state index in [1.54, 1.807) is 21.9 Å². The quantitative estimate of drug-likeness (QED) is 0.256. The summed E-state index contributed by atoms with van der Waals surface area (Å²) in [4.78, 5) is 34.2. The van der Waals surface area contributed by atoms with Crippen LogP contribution < -0.4 is 0 Å².